The summed E-state index contributed by atoms with van der Waals surface area (Å²) in [5, 5.41) is 12.0. The maximum absolute atomic E-state index is 8.71. The van der Waals surface area contributed by atoms with Crippen molar-refractivity contribution in [2.24, 2.45) is 11.8 Å². The Hall–Kier alpha value is -0.550. The smallest absolute Gasteiger partial charge is 0.0659 e. The summed E-state index contributed by atoms with van der Waals surface area (Å²) < 4.78 is 0. The second-order valence-corrected chi connectivity index (χ2v) is 2.90. The van der Waals surface area contributed by atoms with E-state index in [0.717, 1.165) is 25.9 Å². The molecular formula is C8H14N2. The average molecular weight is 138 g/mol. The van der Waals surface area contributed by atoms with E-state index in [9.17, 15) is 0 Å². The second-order valence-electron chi connectivity index (χ2n) is 2.90. The molecule has 1 saturated heterocycles. The van der Waals surface area contributed by atoms with Crippen LogP contribution in [0.3, 0.4) is 0 Å². The van der Waals surface area contributed by atoms with Gasteiger partial charge in [0.1, 0.15) is 0 Å². The summed E-state index contributed by atoms with van der Waals surface area (Å²) in [7, 11) is 0. The van der Waals surface area contributed by atoms with E-state index in [0.29, 0.717) is 11.8 Å². The molecule has 0 radical (unpaired) electrons. The number of hydrogen-bond acceptors (Lipinski definition) is 2. The molecule has 1 N–H and O–H groups in total. The molecule has 0 aliphatic carbocycles. The summed E-state index contributed by atoms with van der Waals surface area (Å²) in [4.78, 5) is 0. The maximum Gasteiger partial charge on any atom is 0.0659 e. The quantitative estimate of drug-likeness (QED) is 0.590. The number of piperidine rings is 1. The molecule has 0 aromatic heterocycles. The van der Waals surface area contributed by atoms with Crippen molar-refractivity contribution in [3.63, 3.8) is 0 Å². The van der Waals surface area contributed by atoms with Crippen molar-refractivity contribution in [1.82, 2.24) is 5.32 Å². The van der Waals surface area contributed by atoms with E-state index in [1.807, 2.05) is 0 Å². The minimum atomic E-state index is 0.311. The van der Waals surface area contributed by atoms with E-state index >= 15 is 0 Å². The van der Waals surface area contributed by atoms with Crippen LogP contribution < -0.4 is 5.32 Å². The Kier molecular flexibility index (Phi) is 2.70. The summed E-state index contributed by atoms with van der Waals surface area (Å²) in [6, 6.07) is 2.36. The SMILES string of the molecule is CCC1CNCCC1C#N. The molecule has 0 amide bonds. The van der Waals surface area contributed by atoms with Crippen LogP contribution in [0, 0.1) is 23.2 Å². The first-order valence-corrected chi connectivity index (χ1v) is 3.98. The highest BCUT2D eigenvalue weighted by Gasteiger charge is 2.22. The average Bonchev–Trinajstić information content (AvgIpc) is 2.04. The van der Waals surface area contributed by atoms with Crippen molar-refractivity contribution in [2.75, 3.05) is 13.1 Å². The monoisotopic (exact) mass is 138 g/mol. The number of nitrogens with zero attached hydrogens (tertiary/aromatic N) is 1. The maximum atomic E-state index is 8.71. The molecule has 0 aromatic rings. The molecule has 56 valence electrons. The van der Waals surface area contributed by atoms with Crippen molar-refractivity contribution in [2.45, 2.75) is 19.8 Å². The Morgan fingerprint density at radius 2 is 2.50 bits per heavy atom. The van der Waals surface area contributed by atoms with Gasteiger partial charge in [0.15, 0.2) is 0 Å². The zero-order chi connectivity index (χ0) is 7.40. The molecule has 0 aromatic carbocycles. The van der Waals surface area contributed by atoms with Crippen molar-refractivity contribution in [3.8, 4) is 6.07 Å². The highest BCUT2D eigenvalue weighted by Crippen LogP contribution is 2.20. The third-order valence-electron chi connectivity index (χ3n) is 2.30. The van der Waals surface area contributed by atoms with Crippen LogP contribution in [-0.4, -0.2) is 13.1 Å². The molecule has 1 heterocycles. The molecule has 1 aliphatic heterocycles. The van der Waals surface area contributed by atoms with Crippen LogP contribution in [0.1, 0.15) is 19.8 Å². The van der Waals surface area contributed by atoms with E-state index < -0.39 is 0 Å². The summed E-state index contributed by atoms with van der Waals surface area (Å²) in [6.45, 7) is 4.21. The number of nitrogens with one attached hydrogen (secondary N) is 1. The van der Waals surface area contributed by atoms with Gasteiger partial charge in [-0.1, -0.05) is 13.3 Å². The van der Waals surface area contributed by atoms with Gasteiger partial charge in [0.25, 0.3) is 0 Å². The van der Waals surface area contributed by atoms with Crippen LogP contribution in [0.5, 0.6) is 0 Å². The summed E-state index contributed by atoms with van der Waals surface area (Å²) in [5.41, 5.74) is 0. The normalized spacial score (nSPS) is 33.2. The fraction of sp³-hybridized carbons (Fsp3) is 0.875. The number of nitriles is 1. The van der Waals surface area contributed by atoms with Gasteiger partial charge in [0, 0.05) is 0 Å². The summed E-state index contributed by atoms with van der Waals surface area (Å²) >= 11 is 0. The van der Waals surface area contributed by atoms with Crippen LogP contribution in [0.4, 0.5) is 0 Å². The van der Waals surface area contributed by atoms with E-state index in [4.69, 9.17) is 5.26 Å². The fourth-order valence-corrected chi connectivity index (χ4v) is 1.52. The van der Waals surface area contributed by atoms with E-state index in [2.05, 4.69) is 18.3 Å². The molecule has 2 heteroatoms. The first-order chi connectivity index (χ1) is 4.88. The molecule has 0 bridgehead atoms. The van der Waals surface area contributed by atoms with Crippen molar-refractivity contribution < 1.29 is 0 Å². The first kappa shape index (κ1) is 7.56. The molecule has 0 spiro atoms. The van der Waals surface area contributed by atoms with Gasteiger partial charge in [0.2, 0.25) is 0 Å². The molecule has 2 nitrogen and oxygen atoms in total. The summed E-state index contributed by atoms with van der Waals surface area (Å²) in [5.74, 6) is 0.907. The first-order valence-electron chi connectivity index (χ1n) is 3.98. The van der Waals surface area contributed by atoms with E-state index in [1.54, 1.807) is 0 Å². The van der Waals surface area contributed by atoms with Crippen molar-refractivity contribution in [1.29, 1.82) is 5.26 Å². The topological polar surface area (TPSA) is 35.8 Å². The lowest BCUT2D eigenvalue weighted by Gasteiger charge is -2.26. The minimum Gasteiger partial charge on any atom is -0.316 e. The van der Waals surface area contributed by atoms with Crippen LogP contribution in [-0.2, 0) is 0 Å². The van der Waals surface area contributed by atoms with Crippen LogP contribution in [0.15, 0.2) is 0 Å². The van der Waals surface area contributed by atoms with Gasteiger partial charge in [-0.15, -0.1) is 0 Å². The Bertz CT molecular complexity index is 137. The van der Waals surface area contributed by atoms with E-state index in [-0.39, 0.29) is 0 Å². The Balaban J connectivity index is 2.44. The molecule has 10 heavy (non-hydrogen) atoms. The zero-order valence-electron chi connectivity index (χ0n) is 6.43. The minimum absolute atomic E-state index is 0.311. The Morgan fingerprint density at radius 3 is 3.00 bits per heavy atom. The predicted molar refractivity (Wildman–Crippen MR) is 40.4 cm³/mol. The lowest BCUT2D eigenvalue weighted by atomic mass is 9.86. The van der Waals surface area contributed by atoms with Gasteiger partial charge in [-0.2, -0.15) is 5.26 Å². The largest absolute Gasteiger partial charge is 0.316 e. The van der Waals surface area contributed by atoms with Crippen molar-refractivity contribution >= 4 is 0 Å². The van der Waals surface area contributed by atoms with Crippen LogP contribution in [0.25, 0.3) is 0 Å². The molecule has 1 aliphatic rings. The van der Waals surface area contributed by atoms with Gasteiger partial charge in [0.05, 0.1) is 12.0 Å². The standard InChI is InChI=1S/C8H14N2/c1-2-7-6-10-4-3-8(7)5-9/h7-8,10H,2-4,6H2,1H3. The molecule has 2 atom stereocenters. The third kappa shape index (κ3) is 1.48. The third-order valence-corrected chi connectivity index (χ3v) is 2.30. The van der Waals surface area contributed by atoms with Gasteiger partial charge in [-0.25, -0.2) is 0 Å². The molecule has 2 unspecified atom stereocenters. The van der Waals surface area contributed by atoms with Crippen LogP contribution in [0.2, 0.25) is 0 Å². The van der Waals surface area contributed by atoms with E-state index in [1.165, 1.54) is 0 Å². The number of rotatable bonds is 1. The molecule has 1 rings (SSSR count). The summed E-state index contributed by atoms with van der Waals surface area (Å²) in [6.07, 6.45) is 2.17. The zero-order valence-corrected chi connectivity index (χ0v) is 6.43. The lowest BCUT2D eigenvalue weighted by molar-refractivity contribution is 0.301. The highest BCUT2D eigenvalue weighted by atomic mass is 14.9. The second kappa shape index (κ2) is 3.58. The Morgan fingerprint density at radius 1 is 1.70 bits per heavy atom. The lowest BCUT2D eigenvalue weighted by Crippen LogP contribution is -2.35. The fourth-order valence-electron chi connectivity index (χ4n) is 1.52. The highest BCUT2D eigenvalue weighted by molar-refractivity contribution is 4.91. The van der Waals surface area contributed by atoms with Crippen LogP contribution >= 0.6 is 0 Å². The molecule has 1 fully saturated rings. The molecule has 0 saturated carbocycles. The molecular weight excluding hydrogens is 124 g/mol. The van der Waals surface area contributed by atoms with Gasteiger partial charge >= 0.3 is 0 Å². The van der Waals surface area contributed by atoms with Gasteiger partial charge < -0.3 is 5.32 Å². The number of hydrogen-bond donors (Lipinski definition) is 1. The van der Waals surface area contributed by atoms with Crippen molar-refractivity contribution in [3.05, 3.63) is 0 Å². The predicted octanol–water partition coefficient (Wildman–Crippen LogP) is 1.15. The van der Waals surface area contributed by atoms with Gasteiger partial charge in [-0.3, -0.25) is 0 Å². The Labute approximate surface area is 62.2 Å². The van der Waals surface area contributed by atoms with Gasteiger partial charge in [-0.05, 0) is 25.4 Å².